The summed E-state index contributed by atoms with van der Waals surface area (Å²) in [5.74, 6) is -0.557. The van der Waals surface area contributed by atoms with E-state index in [2.05, 4.69) is 20.7 Å². The maximum absolute atomic E-state index is 12.8. The van der Waals surface area contributed by atoms with E-state index in [1.165, 1.54) is 19.2 Å². The highest BCUT2D eigenvalue weighted by Gasteiger charge is 2.34. The molecule has 0 aliphatic rings. The Morgan fingerprint density at radius 3 is 2.53 bits per heavy atom. The summed E-state index contributed by atoms with van der Waals surface area (Å²) in [5.41, 5.74) is -0.843. The van der Waals surface area contributed by atoms with E-state index in [-0.39, 0.29) is 23.5 Å². The molecule has 106 valence electrons. The average Bonchev–Trinajstić information content (AvgIpc) is 2.37. The molecule has 0 aliphatic heterocycles. The minimum absolute atomic E-state index is 0.0719. The molecule has 0 fully saturated rings. The van der Waals surface area contributed by atoms with Crippen molar-refractivity contribution in [2.75, 3.05) is 12.4 Å². The molecule has 0 saturated carbocycles. The lowest BCUT2D eigenvalue weighted by Crippen LogP contribution is -2.10. The fourth-order valence-electron chi connectivity index (χ4n) is 1.63. The van der Waals surface area contributed by atoms with E-state index in [1.54, 1.807) is 0 Å². The highest BCUT2D eigenvalue weighted by Crippen LogP contribution is 2.36. The molecule has 0 aromatic heterocycles. The number of halogens is 4. The van der Waals surface area contributed by atoms with Gasteiger partial charge in [-0.25, -0.2) is 0 Å². The van der Waals surface area contributed by atoms with Gasteiger partial charge in [0.1, 0.15) is 5.75 Å². The van der Waals surface area contributed by atoms with Crippen LogP contribution in [-0.4, -0.2) is 18.2 Å². The summed E-state index contributed by atoms with van der Waals surface area (Å²) in [5, 5.41) is 0.774. The maximum atomic E-state index is 12.8. The maximum Gasteiger partial charge on any atom is 0.419 e. The molecule has 2 nitrogen and oxygen atoms in total. The zero-order valence-corrected chi connectivity index (χ0v) is 12.0. The molecule has 0 N–H and O–H groups in total. The molecule has 0 radical (unpaired) electrons. The Morgan fingerprint density at radius 2 is 2.00 bits per heavy atom. The summed E-state index contributed by atoms with van der Waals surface area (Å²) < 4.78 is 43.0. The lowest BCUT2D eigenvalue weighted by molar-refractivity contribution is -0.138. The summed E-state index contributed by atoms with van der Waals surface area (Å²) in [4.78, 5) is 11.8. The third-order valence-corrected chi connectivity index (χ3v) is 3.18. The summed E-state index contributed by atoms with van der Waals surface area (Å²) in [6.07, 6.45) is -2.82. The highest BCUT2D eigenvalue weighted by molar-refractivity contribution is 9.09. The second kappa shape index (κ2) is 6.93. The lowest BCUT2D eigenvalue weighted by atomic mass is 10.0. The number of carbonyl (C=O) groups is 1. The van der Waals surface area contributed by atoms with Crippen LogP contribution in [0.15, 0.2) is 18.2 Å². The van der Waals surface area contributed by atoms with Crippen molar-refractivity contribution in [3.05, 3.63) is 29.3 Å². The standard InChI is InChI=1S/C13H14BrF3O2/c1-19-12-6-5-9(8-10(12)13(15,16)17)11(18)4-2-3-7-14/h5-6,8H,2-4,7H2,1H3. The van der Waals surface area contributed by atoms with Crippen LogP contribution in [-0.2, 0) is 6.18 Å². The zero-order valence-electron chi connectivity index (χ0n) is 10.4. The first-order valence-electron chi connectivity index (χ1n) is 5.74. The van der Waals surface area contributed by atoms with Crippen molar-refractivity contribution in [1.29, 1.82) is 0 Å². The number of ether oxygens (including phenoxy) is 1. The molecule has 19 heavy (non-hydrogen) atoms. The van der Waals surface area contributed by atoms with E-state index < -0.39 is 11.7 Å². The van der Waals surface area contributed by atoms with Gasteiger partial charge in [0.25, 0.3) is 0 Å². The third-order valence-electron chi connectivity index (χ3n) is 2.61. The van der Waals surface area contributed by atoms with E-state index >= 15 is 0 Å². The smallest absolute Gasteiger partial charge is 0.419 e. The second-order valence-corrected chi connectivity index (χ2v) is 4.78. The van der Waals surface area contributed by atoms with Gasteiger partial charge in [-0.05, 0) is 31.0 Å². The van der Waals surface area contributed by atoms with Crippen molar-refractivity contribution in [3.63, 3.8) is 0 Å². The van der Waals surface area contributed by atoms with Crippen molar-refractivity contribution in [2.45, 2.75) is 25.4 Å². The first-order valence-corrected chi connectivity index (χ1v) is 6.86. The number of methoxy groups -OCH3 is 1. The lowest BCUT2D eigenvalue weighted by Gasteiger charge is -2.13. The van der Waals surface area contributed by atoms with E-state index in [0.29, 0.717) is 6.42 Å². The number of ketones is 1. The molecule has 0 amide bonds. The van der Waals surface area contributed by atoms with Gasteiger partial charge in [-0.3, -0.25) is 4.79 Å². The molecular weight excluding hydrogens is 325 g/mol. The molecule has 0 heterocycles. The van der Waals surface area contributed by atoms with Crippen LogP contribution in [0.4, 0.5) is 13.2 Å². The third kappa shape index (κ3) is 4.53. The fourth-order valence-corrected chi connectivity index (χ4v) is 2.02. The van der Waals surface area contributed by atoms with Crippen molar-refractivity contribution < 1.29 is 22.7 Å². The second-order valence-electron chi connectivity index (χ2n) is 3.98. The van der Waals surface area contributed by atoms with Crippen LogP contribution in [0, 0.1) is 0 Å². The quantitative estimate of drug-likeness (QED) is 0.434. The van der Waals surface area contributed by atoms with Gasteiger partial charge in [-0.2, -0.15) is 13.2 Å². The van der Waals surface area contributed by atoms with Gasteiger partial charge < -0.3 is 4.74 Å². The Bertz CT molecular complexity index is 444. The topological polar surface area (TPSA) is 26.3 Å². The van der Waals surface area contributed by atoms with E-state index in [9.17, 15) is 18.0 Å². The first kappa shape index (κ1) is 16.0. The van der Waals surface area contributed by atoms with Crippen LogP contribution < -0.4 is 4.74 Å². The molecule has 0 unspecified atom stereocenters. The summed E-state index contributed by atoms with van der Waals surface area (Å²) in [6.45, 7) is 0. The fraction of sp³-hybridized carbons (Fsp3) is 0.462. The van der Waals surface area contributed by atoms with Crippen LogP contribution in [0.3, 0.4) is 0 Å². The van der Waals surface area contributed by atoms with E-state index in [4.69, 9.17) is 0 Å². The predicted octanol–water partition coefficient (Wildman–Crippen LogP) is 4.46. The minimum Gasteiger partial charge on any atom is -0.496 e. The Balaban J connectivity index is 2.95. The van der Waals surface area contributed by atoms with Crippen molar-refractivity contribution in [1.82, 2.24) is 0 Å². The number of hydrogen-bond donors (Lipinski definition) is 0. The number of Topliss-reactive ketones (excluding diaryl/α,β-unsaturated/α-hetero) is 1. The summed E-state index contributed by atoms with van der Waals surface area (Å²) >= 11 is 3.24. The van der Waals surface area contributed by atoms with Crippen molar-refractivity contribution in [2.24, 2.45) is 0 Å². The average molecular weight is 339 g/mol. The van der Waals surface area contributed by atoms with Gasteiger partial charge in [-0.15, -0.1) is 0 Å². The number of rotatable bonds is 6. The van der Waals surface area contributed by atoms with Gasteiger partial charge in [0, 0.05) is 17.3 Å². The minimum atomic E-state index is -4.53. The Hall–Kier alpha value is -1.04. The molecule has 6 heteroatoms. The van der Waals surface area contributed by atoms with Gasteiger partial charge in [0.05, 0.1) is 12.7 Å². The number of hydrogen-bond acceptors (Lipinski definition) is 2. The number of unbranched alkanes of at least 4 members (excludes halogenated alkanes) is 1. The predicted molar refractivity (Wildman–Crippen MR) is 70.0 cm³/mol. The van der Waals surface area contributed by atoms with E-state index in [0.717, 1.165) is 17.8 Å². The molecule has 0 atom stereocenters. The first-order chi connectivity index (χ1) is 8.90. The normalized spacial score (nSPS) is 11.4. The molecule has 0 saturated heterocycles. The monoisotopic (exact) mass is 338 g/mol. The summed E-state index contributed by atoms with van der Waals surface area (Å²) in [7, 11) is 1.17. The molecule has 1 rings (SSSR count). The molecule has 1 aromatic rings. The van der Waals surface area contributed by atoms with Gasteiger partial charge in [-0.1, -0.05) is 15.9 Å². The SMILES string of the molecule is COc1ccc(C(=O)CCCCBr)cc1C(F)(F)F. The largest absolute Gasteiger partial charge is 0.496 e. The molecule has 1 aromatic carbocycles. The zero-order chi connectivity index (χ0) is 14.5. The number of benzene rings is 1. The van der Waals surface area contributed by atoms with Crippen LogP contribution in [0.2, 0.25) is 0 Å². The van der Waals surface area contributed by atoms with Crippen LogP contribution in [0.1, 0.15) is 35.2 Å². The number of carbonyl (C=O) groups excluding carboxylic acids is 1. The van der Waals surface area contributed by atoms with Crippen molar-refractivity contribution in [3.8, 4) is 5.75 Å². The van der Waals surface area contributed by atoms with Crippen LogP contribution >= 0.6 is 15.9 Å². The Kier molecular flexibility index (Phi) is 5.85. The molecule has 0 bridgehead atoms. The van der Waals surface area contributed by atoms with Gasteiger partial charge in [0.15, 0.2) is 5.78 Å². The van der Waals surface area contributed by atoms with E-state index in [1.807, 2.05) is 0 Å². The number of alkyl halides is 4. The Labute approximate surface area is 118 Å². The van der Waals surface area contributed by atoms with Gasteiger partial charge in [0.2, 0.25) is 0 Å². The molecular formula is C13H14BrF3O2. The van der Waals surface area contributed by atoms with Gasteiger partial charge >= 0.3 is 6.18 Å². The highest BCUT2D eigenvalue weighted by atomic mass is 79.9. The van der Waals surface area contributed by atoms with Crippen LogP contribution in [0.25, 0.3) is 0 Å². The molecule has 0 spiro atoms. The summed E-state index contributed by atoms with van der Waals surface area (Å²) in [6, 6.07) is 3.40. The molecule has 0 aliphatic carbocycles. The van der Waals surface area contributed by atoms with Crippen molar-refractivity contribution >= 4 is 21.7 Å². The Morgan fingerprint density at radius 1 is 1.32 bits per heavy atom. The van der Waals surface area contributed by atoms with Crippen LogP contribution in [0.5, 0.6) is 5.75 Å².